The first kappa shape index (κ1) is 18.0. The fourth-order valence-electron chi connectivity index (χ4n) is 3.92. The van der Waals surface area contributed by atoms with E-state index in [0.29, 0.717) is 38.5 Å². The zero-order valence-corrected chi connectivity index (χ0v) is 15.0. The number of hydrogen-bond donors (Lipinski definition) is 1. The van der Waals surface area contributed by atoms with Crippen molar-refractivity contribution in [3.63, 3.8) is 0 Å². The molecule has 0 unspecified atom stereocenters. The van der Waals surface area contributed by atoms with Gasteiger partial charge in [-0.25, -0.2) is 8.78 Å². The van der Waals surface area contributed by atoms with Crippen LogP contribution in [0.15, 0.2) is 47.3 Å². The molecule has 3 heterocycles. The highest BCUT2D eigenvalue weighted by Crippen LogP contribution is 2.36. The third-order valence-corrected chi connectivity index (χ3v) is 5.19. The molecule has 2 aromatic rings. The summed E-state index contributed by atoms with van der Waals surface area (Å²) in [6.45, 7) is 2.19. The summed E-state index contributed by atoms with van der Waals surface area (Å²) < 4.78 is 33.8. The molecule has 0 spiro atoms. The maximum absolute atomic E-state index is 14.2. The van der Waals surface area contributed by atoms with Crippen LogP contribution in [0.4, 0.5) is 20.3 Å². The summed E-state index contributed by atoms with van der Waals surface area (Å²) in [5, 5.41) is 0. The quantitative estimate of drug-likeness (QED) is 0.893. The van der Waals surface area contributed by atoms with Gasteiger partial charge in [0.05, 0.1) is 19.8 Å². The number of ether oxygens (including phenoxy) is 1. The molecule has 1 N–H and O–H groups in total. The van der Waals surface area contributed by atoms with Gasteiger partial charge in [-0.05, 0) is 12.0 Å². The molecule has 2 saturated heterocycles. The Balaban J connectivity index is 1.63. The van der Waals surface area contributed by atoms with Gasteiger partial charge in [0.1, 0.15) is 5.82 Å². The summed E-state index contributed by atoms with van der Waals surface area (Å²) in [6.07, 6.45) is 0.298. The molecule has 2 fully saturated rings. The van der Waals surface area contributed by atoms with Crippen molar-refractivity contribution >= 4 is 11.5 Å². The molecule has 1 aromatic carbocycles. The second kappa shape index (κ2) is 7.31. The number of alkyl halides is 2. The molecular weight excluding hydrogens is 352 g/mol. The molecule has 4 rings (SSSR count). The van der Waals surface area contributed by atoms with Crippen molar-refractivity contribution in [3.8, 4) is 0 Å². The molecule has 27 heavy (non-hydrogen) atoms. The number of hydrogen-bond acceptors (Lipinski definition) is 4. The number of aromatic amines is 1. The Kier molecular flexibility index (Phi) is 4.86. The van der Waals surface area contributed by atoms with Crippen LogP contribution in [0.5, 0.6) is 0 Å². The number of halogens is 2. The minimum Gasteiger partial charge on any atom is -0.378 e. The van der Waals surface area contributed by atoms with Crippen molar-refractivity contribution in [1.29, 1.82) is 0 Å². The Hall–Kier alpha value is -2.41. The van der Waals surface area contributed by atoms with E-state index in [2.05, 4.69) is 9.88 Å². The molecule has 2 aliphatic rings. The summed E-state index contributed by atoms with van der Waals surface area (Å²) in [6, 6.07) is 12.6. The Morgan fingerprint density at radius 3 is 2.63 bits per heavy atom. The van der Waals surface area contributed by atoms with Gasteiger partial charge in [0.15, 0.2) is 0 Å². The Labute approximate surface area is 156 Å². The van der Waals surface area contributed by atoms with E-state index in [-0.39, 0.29) is 24.6 Å². The van der Waals surface area contributed by atoms with Gasteiger partial charge in [-0.1, -0.05) is 30.3 Å². The second-order valence-electron chi connectivity index (χ2n) is 7.22. The first-order valence-corrected chi connectivity index (χ1v) is 9.26. The topological polar surface area (TPSA) is 48.6 Å². The number of benzene rings is 1. The maximum atomic E-state index is 14.2. The van der Waals surface area contributed by atoms with Crippen LogP contribution in [-0.4, -0.2) is 49.8 Å². The van der Waals surface area contributed by atoms with E-state index in [1.807, 2.05) is 36.4 Å². The minimum atomic E-state index is -2.77. The number of nitrogens with one attached hydrogen (secondary N) is 1. The molecular formula is C20H23F2N3O2. The number of rotatable bonds is 4. The average molecular weight is 375 g/mol. The van der Waals surface area contributed by atoms with Gasteiger partial charge >= 0.3 is 0 Å². The number of anilines is 2. The molecule has 1 atom stereocenters. The number of H-pyrrole nitrogens is 1. The molecule has 0 radical (unpaired) electrons. The maximum Gasteiger partial charge on any atom is 0.267 e. The molecule has 5 nitrogen and oxygen atoms in total. The van der Waals surface area contributed by atoms with Gasteiger partial charge in [0, 0.05) is 43.4 Å². The van der Waals surface area contributed by atoms with Gasteiger partial charge in [0.2, 0.25) is 0 Å². The van der Waals surface area contributed by atoms with Crippen molar-refractivity contribution in [1.82, 2.24) is 4.98 Å². The SMILES string of the molecule is O=c1cc(N2CCOCC2)cc(N2CC(F)(F)C[C@H]2Cc2ccccc2)[nH]1. The molecule has 144 valence electrons. The van der Waals surface area contributed by atoms with E-state index in [4.69, 9.17) is 4.74 Å². The highest BCUT2D eigenvalue weighted by Gasteiger charge is 2.45. The highest BCUT2D eigenvalue weighted by atomic mass is 19.3. The Bertz CT molecular complexity index is 835. The van der Waals surface area contributed by atoms with Crippen LogP contribution in [0.25, 0.3) is 0 Å². The van der Waals surface area contributed by atoms with Crippen molar-refractivity contribution in [2.75, 3.05) is 42.6 Å². The van der Waals surface area contributed by atoms with Gasteiger partial charge < -0.3 is 19.5 Å². The smallest absolute Gasteiger partial charge is 0.267 e. The third-order valence-electron chi connectivity index (χ3n) is 5.19. The Morgan fingerprint density at radius 2 is 1.89 bits per heavy atom. The largest absolute Gasteiger partial charge is 0.378 e. The fourth-order valence-corrected chi connectivity index (χ4v) is 3.92. The minimum absolute atomic E-state index is 0.217. The molecule has 7 heteroatoms. The lowest BCUT2D eigenvalue weighted by Crippen LogP contribution is -2.38. The lowest BCUT2D eigenvalue weighted by Gasteiger charge is -2.31. The number of aromatic nitrogens is 1. The fraction of sp³-hybridized carbons (Fsp3) is 0.450. The van der Waals surface area contributed by atoms with E-state index < -0.39 is 5.92 Å². The Morgan fingerprint density at radius 1 is 1.15 bits per heavy atom. The van der Waals surface area contributed by atoms with Crippen molar-refractivity contribution < 1.29 is 13.5 Å². The number of pyridine rings is 1. The highest BCUT2D eigenvalue weighted by molar-refractivity contribution is 5.56. The summed E-state index contributed by atoms with van der Waals surface area (Å²) >= 11 is 0. The summed E-state index contributed by atoms with van der Waals surface area (Å²) in [5.41, 5.74) is 1.49. The predicted octanol–water partition coefficient (Wildman–Crippen LogP) is 2.67. The van der Waals surface area contributed by atoms with Crippen molar-refractivity contribution in [2.45, 2.75) is 24.8 Å². The first-order valence-electron chi connectivity index (χ1n) is 9.26. The van der Waals surface area contributed by atoms with Crippen molar-refractivity contribution in [3.05, 3.63) is 58.4 Å². The molecule has 0 aliphatic carbocycles. The van der Waals surface area contributed by atoms with E-state index in [1.165, 1.54) is 6.07 Å². The van der Waals surface area contributed by atoms with Gasteiger partial charge in [-0.15, -0.1) is 0 Å². The lowest BCUT2D eigenvalue weighted by atomic mass is 10.0. The van der Waals surface area contributed by atoms with Crippen LogP contribution in [-0.2, 0) is 11.2 Å². The summed E-state index contributed by atoms with van der Waals surface area (Å²) in [7, 11) is 0. The zero-order chi connectivity index (χ0) is 18.9. The third kappa shape index (κ3) is 4.13. The van der Waals surface area contributed by atoms with E-state index in [9.17, 15) is 13.6 Å². The van der Waals surface area contributed by atoms with E-state index >= 15 is 0 Å². The van der Waals surface area contributed by atoms with Gasteiger partial charge in [-0.2, -0.15) is 0 Å². The van der Waals surface area contributed by atoms with Gasteiger partial charge in [-0.3, -0.25) is 4.79 Å². The molecule has 0 saturated carbocycles. The molecule has 2 aliphatic heterocycles. The van der Waals surface area contributed by atoms with Crippen LogP contribution < -0.4 is 15.4 Å². The van der Waals surface area contributed by atoms with E-state index in [0.717, 1.165) is 11.3 Å². The van der Waals surface area contributed by atoms with Gasteiger partial charge in [0.25, 0.3) is 11.5 Å². The molecule has 0 amide bonds. The zero-order valence-electron chi connectivity index (χ0n) is 15.0. The summed E-state index contributed by atoms with van der Waals surface area (Å²) in [5.74, 6) is -2.31. The molecule has 0 bridgehead atoms. The summed E-state index contributed by atoms with van der Waals surface area (Å²) in [4.78, 5) is 18.7. The van der Waals surface area contributed by atoms with Crippen LogP contribution in [0, 0.1) is 0 Å². The van der Waals surface area contributed by atoms with Crippen molar-refractivity contribution in [2.24, 2.45) is 0 Å². The van der Waals surface area contributed by atoms with Crippen LogP contribution in [0.2, 0.25) is 0 Å². The first-order chi connectivity index (χ1) is 13.0. The second-order valence-corrected chi connectivity index (χ2v) is 7.22. The average Bonchev–Trinajstić information content (AvgIpc) is 2.97. The predicted molar refractivity (Wildman–Crippen MR) is 101 cm³/mol. The number of morpholine rings is 1. The standard InChI is InChI=1S/C20H23F2N3O2/c21-20(22)13-17(10-15-4-2-1-3-5-15)25(14-20)18-11-16(12-19(26)23-18)24-6-8-27-9-7-24/h1-5,11-12,17H,6-10,13-14H2,(H,23,26)/t17-/m1/s1. The monoisotopic (exact) mass is 375 g/mol. The number of nitrogens with zero attached hydrogens (tertiary/aromatic N) is 2. The normalized spacial score (nSPS) is 22.2. The molecule has 1 aromatic heterocycles. The van der Waals surface area contributed by atoms with Crippen LogP contribution in [0.1, 0.15) is 12.0 Å². The van der Waals surface area contributed by atoms with Crippen LogP contribution in [0.3, 0.4) is 0 Å². The van der Waals surface area contributed by atoms with E-state index in [1.54, 1.807) is 4.90 Å². The lowest BCUT2D eigenvalue weighted by molar-refractivity contribution is 0.0224. The van der Waals surface area contributed by atoms with Crippen LogP contribution >= 0.6 is 0 Å².